The molecule has 0 bridgehead atoms. The zero-order valence-electron chi connectivity index (χ0n) is 10.0. The fraction of sp³-hybridized carbons (Fsp3) is 0.818. The largest absolute Gasteiger partial charge is 0.481 e. The number of carbonyl (C=O) groups excluding carboxylic acids is 1. The number of hydrogen-bond donors (Lipinski definition) is 3. The predicted molar refractivity (Wildman–Crippen MR) is 61.4 cm³/mol. The molecule has 3 atom stereocenters. The van der Waals surface area contributed by atoms with E-state index >= 15 is 0 Å². The molecule has 1 aliphatic carbocycles. The average molecular weight is 244 g/mol. The molecule has 3 unspecified atom stereocenters. The average Bonchev–Trinajstić information content (AvgIpc) is 2.74. The van der Waals surface area contributed by atoms with Gasteiger partial charge in [0.15, 0.2) is 0 Å². The van der Waals surface area contributed by atoms with Gasteiger partial charge >= 0.3 is 5.97 Å². The molecule has 1 rings (SSSR count). The van der Waals surface area contributed by atoms with Gasteiger partial charge in [0.05, 0.1) is 12.0 Å². The lowest BCUT2D eigenvalue weighted by molar-refractivity contribution is -0.141. The highest BCUT2D eigenvalue weighted by molar-refractivity contribution is 5.82. The van der Waals surface area contributed by atoms with Gasteiger partial charge in [-0.25, -0.2) is 0 Å². The minimum Gasteiger partial charge on any atom is -0.481 e. The fourth-order valence-corrected chi connectivity index (χ4v) is 2.02. The van der Waals surface area contributed by atoms with Gasteiger partial charge in [-0.3, -0.25) is 9.59 Å². The van der Waals surface area contributed by atoms with Crippen LogP contribution < -0.4 is 11.1 Å². The molecule has 4 N–H and O–H groups in total. The SMILES string of the molecule is COCCC(N)C(=O)NC1CCC(C(=O)O)C1. The zero-order chi connectivity index (χ0) is 12.8. The Bertz CT molecular complexity index is 283. The topological polar surface area (TPSA) is 102 Å². The van der Waals surface area contributed by atoms with Gasteiger partial charge in [-0.1, -0.05) is 0 Å². The minimum atomic E-state index is -0.787. The van der Waals surface area contributed by atoms with Gasteiger partial charge in [0.2, 0.25) is 5.91 Å². The van der Waals surface area contributed by atoms with E-state index in [4.69, 9.17) is 15.6 Å². The van der Waals surface area contributed by atoms with Crippen molar-refractivity contribution in [2.45, 2.75) is 37.8 Å². The van der Waals surface area contributed by atoms with Crippen LogP contribution in [-0.4, -0.2) is 42.8 Å². The number of nitrogens with one attached hydrogen (secondary N) is 1. The van der Waals surface area contributed by atoms with E-state index in [1.54, 1.807) is 7.11 Å². The van der Waals surface area contributed by atoms with E-state index in [0.29, 0.717) is 32.3 Å². The number of hydrogen-bond acceptors (Lipinski definition) is 4. The number of carbonyl (C=O) groups is 2. The van der Waals surface area contributed by atoms with Crippen LogP contribution >= 0.6 is 0 Å². The highest BCUT2D eigenvalue weighted by Crippen LogP contribution is 2.25. The van der Waals surface area contributed by atoms with Crippen LogP contribution in [0.25, 0.3) is 0 Å². The maximum atomic E-state index is 11.6. The van der Waals surface area contributed by atoms with Gasteiger partial charge in [0, 0.05) is 19.8 Å². The monoisotopic (exact) mass is 244 g/mol. The Morgan fingerprint density at radius 2 is 2.24 bits per heavy atom. The van der Waals surface area contributed by atoms with E-state index in [-0.39, 0.29) is 17.9 Å². The molecule has 0 saturated heterocycles. The van der Waals surface area contributed by atoms with Crippen molar-refractivity contribution in [3.05, 3.63) is 0 Å². The number of nitrogens with two attached hydrogens (primary N) is 1. The van der Waals surface area contributed by atoms with E-state index in [1.165, 1.54) is 0 Å². The van der Waals surface area contributed by atoms with E-state index in [2.05, 4.69) is 5.32 Å². The van der Waals surface area contributed by atoms with Crippen LogP contribution in [0.4, 0.5) is 0 Å². The molecule has 6 nitrogen and oxygen atoms in total. The van der Waals surface area contributed by atoms with Crippen LogP contribution in [0.2, 0.25) is 0 Å². The summed E-state index contributed by atoms with van der Waals surface area (Å²) in [4.78, 5) is 22.4. The Morgan fingerprint density at radius 1 is 1.53 bits per heavy atom. The third-order valence-corrected chi connectivity index (χ3v) is 3.10. The van der Waals surface area contributed by atoms with Crippen LogP contribution in [0.1, 0.15) is 25.7 Å². The first-order valence-corrected chi connectivity index (χ1v) is 5.82. The molecular formula is C11H20N2O4. The number of ether oxygens (including phenoxy) is 1. The Labute approximate surface area is 101 Å². The molecule has 1 fully saturated rings. The van der Waals surface area contributed by atoms with Crippen LogP contribution in [-0.2, 0) is 14.3 Å². The number of carboxylic acids is 1. The van der Waals surface area contributed by atoms with Crippen molar-refractivity contribution >= 4 is 11.9 Å². The summed E-state index contributed by atoms with van der Waals surface area (Å²) in [5.41, 5.74) is 5.67. The molecule has 1 amide bonds. The number of rotatable bonds is 6. The second-order valence-electron chi connectivity index (χ2n) is 4.44. The number of amides is 1. The number of carboxylic acid groups (broad SMARTS) is 1. The molecule has 1 aliphatic rings. The van der Waals surface area contributed by atoms with Gasteiger partial charge in [-0.05, 0) is 25.7 Å². The van der Waals surface area contributed by atoms with Crippen LogP contribution in [0.3, 0.4) is 0 Å². The van der Waals surface area contributed by atoms with Crippen LogP contribution in [0.15, 0.2) is 0 Å². The maximum Gasteiger partial charge on any atom is 0.306 e. The molecule has 0 aromatic carbocycles. The van der Waals surface area contributed by atoms with Gasteiger partial charge in [-0.15, -0.1) is 0 Å². The molecule has 98 valence electrons. The van der Waals surface area contributed by atoms with E-state index in [9.17, 15) is 9.59 Å². The Morgan fingerprint density at radius 3 is 2.76 bits per heavy atom. The maximum absolute atomic E-state index is 11.6. The molecule has 17 heavy (non-hydrogen) atoms. The summed E-state index contributed by atoms with van der Waals surface area (Å²) in [5, 5.41) is 11.6. The van der Waals surface area contributed by atoms with Crippen LogP contribution in [0, 0.1) is 5.92 Å². The standard InChI is InChI=1S/C11H20N2O4/c1-17-5-4-9(12)10(14)13-8-3-2-7(6-8)11(15)16/h7-9H,2-6,12H2,1H3,(H,13,14)(H,15,16). The Kier molecular flexibility index (Phi) is 5.37. The molecule has 0 radical (unpaired) electrons. The lowest BCUT2D eigenvalue weighted by Crippen LogP contribution is -2.45. The third kappa shape index (κ3) is 4.32. The van der Waals surface area contributed by atoms with Crippen molar-refractivity contribution in [1.82, 2.24) is 5.32 Å². The summed E-state index contributed by atoms with van der Waals surface area (Å²) in [6, 6.07) is -0.643. The smallest absolute Gasteiger partial charge is 0.306 e. The highest BCUT2D eigenvalue weighted by atomic mass is 16.5. The van der Waals surface area contributed by atoms with Crippen LogP contribution in [0.5, 0.6) is 0 Å². The normalized spacial score (nSPS) is 25.5. The lowest BCUT2D eigenvalue weighted by Gasteiger charge is -2.16. The number of methoxy groups -OCH3 is 1. The molecule has 1 saturated carbocycles. The molecule has 6 heteroatoms. The molecule has 0 aromatic heterocycles. The van der Waals surface area contributed by atoms with Crippen molar-refractivity contribution in [2.75, 3.05) is 13.7 Å². The van der Waals surface area contributed by atoms with Crippen molar-refractivity contribution in [3.63, 3.8) is 0 Å². The molecule has 0 aromatic rings. The quantitative estimate of drug-likeness (QED) is 0.596. The summed E-state index contributed by atoms with van der Waals surface area (Å²) in [6.45, 7) is 0.441. The van der Waals surface area contributed by atoms with Gasteiger partial charge < -0.3 is 20.9 Å². The fourth-order valence-electron chi connectivity index (χ4n) is 2.02. The van der Waals surface area contributed by atoms with Crippen molar-refractivity contribution in [3.8, 4) is 0 Å². The van der Waals surface area contributed by atoms with Crippen molar-refractivity contribution in [1.29, 1.82) is 0 Å². The number of aliphatic carboxylic acids is 1. The first-order valence-electron chi connectivity index (χ1n) is 5.82. The van der Waals surface area contributed by atoms with E-state index < -0.39 is 12.0 Å². The summed E-state index contributed by atoms with van der Waals surface area (Å²) >= 11 is 0. The summed E-state index contributed by atoms with van der Waals surface area (Å²) in [5.74, 6) is -1.35. The lowest BCUT2D eigenvalue weighted by atomic mass is 10.1. The van der Waals surface area contributed by atoms with Gasteiger partial charge in [-0.2, -0.15) is 0 Å². The van der Waals surface area contributed by atoms with E-state index in [0.717, 1.165) is 0 Å². The zero-order valence-corrected chi connectivity index (χ0v) is 10.0. The second-order valence-corrected chi connectivity index (χ2v) is 4.44. The summed E-state index contributed by atoms with van der Waals surface area (Å²) in [6.07, 6.45) is 2.29. The van der Waals surface area contributed by atoms with Gasteiger partial charge in [0.1, 0.15) is 0 Å². The summed E-state index contributed by atoms with van der Waals surface area (Å²) in [7, 11) is 1.55. The van der Waals surface area contributed by atoms with Crippen molar-refractivity contribution < 1.29 is 19.4 Å². The molecule has 0 aliphatic heterocycles. The first-order chi connectivity index (χ1) is 8.04. The van der Waals surface area contributed by atoms with E-state index in [1.807, 2.05) is 0 Å². The Hall–Kier alpha value is -1.14. The minimum absolute atomic E-state index is 0.0582. The van der Waals surface area contributed by atoms with Gasteiger partial charge in [0.25, 0.3) is 0 Å². The molecule has 0 heterocycles. The third-order valence-electron chi connectivity index (χ3n) is 3.10. The highest BCUT2D eigenvalue weighted by Gasteiger charge is 2.31. The molecule has 0 spiro atoms. The summed E-state index contributed by atoms with van der Waals surface area (Å²) < 4.78 is 4.84. The first kappa shape index (κ1) is 13.9. The second kappa shape index (κ2) is 6.56. The predicted octanol–water partition coefficient (Wildman–Crippen LogP) is -0.280. The Balaban J connectivity index is 2.30. The molecular weight excluding hydrogens is 224 g/mol. The van der Waals surface area contributed by atoms with Crippen molar-refractivity contribution in [2.24, 2.45) is 11.7 Å².